The molecule has 0 bridgehead atoms. The molecule has 1 rings (SSSR count). The van der Waals surface area contributed by atoms with Gasteiger partial charge < -0.3 is 17.2 Å². The van der Waals surface area contributed by atoms with E-state index >= 15 is 0 Å². The molecule has 1 aliphatic carbocycles. The average molecular weight is 228 g/mol. The summed E-state index contributed by atoms with van der Waals surface area (Å²) in [7, 11) is 0. The molecule has 0 aromatic heterocycles. The zero-order chi connectivity index (χ0) is 11.4. The van der Waals surface area contributed by atoms with Crippen molar-refractivity contribution in [2.75, 3.05) is 0 Å². The predicted octanol–water partition coefficient (Wildman–Crippen LogP) is 1.90. The van der Waals surface area contributed by atoms with Crippen LogP contribution in [0.4, 0.5) is 0 Å². The van der Waals surface area contributed by atoms with Crippen molar-refractivity contribution in [3.63, 3.8) is 0 Å². The highest BCUT2D eigenvalue weighted by Gasteiger charge is 2.13. The molecule has 0 radical (unpaired) electrons. The zero-order valence-corrected chi connectivity index (χ0v) is 9.72. The molecule has 3 nitrogen and oxygen atoms in total. The van der Waals surface area contributed by atoms with Gasteiger partial charge in [-0.15, -0.1) is 0 Å². The van der Waals surface area contributed by atoms with Gasteiger partial charge in [-0.1, -0.05) is 24.6 Å². The number of hydrogen-bond donors (Lipinski definition) is 3. The van der Waals surface area contributed by atoms with Crippen LogP contribution in [0.1, 0.15) is 26.2 Å². The van der Waals surface area contributed by atoms with Gasteiger partial charge in [0.25, 0.3) is 0 Å². The lowest BCUT2D eigenvalue weighted by Gasteiger charge is -2.19. The van der Waals surface area contributed by atoms with E-state index in [0.717, 1.165) is 36.3 Å². The van der Waals surface area contributed by atoms with Gasteiger partial charge in [0.2, 0.25) is 0 Å². The topological polar surface area (TPSA) is 78.1 Å². The summed E-state index contributed by atoms with van der Waals surface area (Å²) in [6.07, 6.45) is 6.98. The summed E-state index contributed by atoms with van der Waals surface area (Å²) < 4.78 is 0. The van der Waals surface area contributed by atoms with Crippen LogP contribution in [-0.2, 0) is 0 Å². The summed E-state index contributed by atoms with van der Waals surface area (Å²) in [4.78, 5) is 0. The highest BCUT2D eigenvalue weighted by molar-refractivity contribution is 6.29. The molecule has 0 spiro atoms. The molecule has 84 valence electrons. The minimum Gasteiger partial charge on any atom is -0.389 e. The maximum absolute atomic E-state index is 5.63. The quantitative estimate of drug-likeness (QED) is 0.498. The molecule has 0 aromatic carbocycles. The van der Waals surface area contributed by atoms with E-state index in [1.54, 1.807) is 6.08 Å². The van der Waals surface area contributed by atoms with E-state index in [0.29, 0.717) is 0 Å². The molecule has 1 aliphatic rings. The van der Waals surface area contributed by atoms with Gasteiger partial charge in [0.15, 0.2) is 0 Å². The highest BCUT2D eigenvalue weighted by Crippen LogP contribution is 2.28. The number of nitrogens with two attached hydrogens (primary N) is 3. The largest absolute Gasteiger partial charge is 0.389 e. The van der Waals surface area contributed by atoms with Crippen molar-refractivity contribution in [1.82, 2.24) is 0 Å². The molecular weight excluding hydrogens is 210 g/mol. The smallest absolute Gasteiger partial charge is 0.101 e. The first-order valence-corrected chi connectivity index (χ1v) is 5.45. The van der Waals surface area contributed by atoms with Crippen LogP contribution in [0.25, 0.3) is 0 Å². The first-order chi connectivity index (χ1) is 7.00. The van der Waals surface area contributed by atoms with Gasteiger partial charge in [0, 0.05) is 5.57 Å². The number of rotatable bonds is 2. The third kappa shape index (κ3) is 3.51. The Hall–Kier alpha value is -1.09. The summed E-state index contributed by atoms with van der Waals surface area (Å²) >= 11 is 5.63. The minimum absolute atomic E-state index is 0.206. The van der Waals surface area contributed by atoms with Gasteiger partial charge in [-0.05, 0) is 36.8 Å². The van der Waals surface area contributed by atoms with E-state index in [9.17, 15) is 0 Å². The lowest BCUT2D eigenvalue weighted by atomic mass is 9.87. The lowest BCUT2D eigenvalue weighted by Crippen LogP contribution is -2.15. The molecule has 6 N–H and O–H groups in total. The van der Waals surface area contributed by atoms with Crippen molar-refractivity contribution >= 4 is 11.6 Å². The van der Waals surface area contributed by atoms with Crippen molar-refractivity contribution in [3.05, 3.63) is 34.3 Å². The minimum atomic E-state index is 0.206. The van der Waals surface area contributed by atoms with Crippen molar-refractivity contribution in [1.29, 1.82) is 0 Å². The molecule has 0 saturated heterocycles. The lowest BCUT2D eigenvalue weighted by molar-refractivity contribution is 0.516. The molecular formula is C11H18ClN3. The van der Waals surface area contributed by atoms with Gasteiger partial charge >= 0.3 is 0 Å². The molecule has 4 heteroatoms. The Morgan fingerprint density at radius 3 is 2.53 bits per heavy atom. The fourth-order valence-electron chi connectivity index (χ4n) is 1.71. The SMILES string of the molecule is CC1CC=C(C(/C=C(\N)Cl)=C(N)N)CC1. The van der Waals surface area contributed by atoms with Crippen LogP contribution < -0.4 is 17.2 Å². The monoisotopic (exact) mass is 227 g/mol. The first-order valence-electron chi connectivity index (χ1n) is 5.08. The number of allylic oxidation sites excluding steroid dienone is 4. The van der Waals surface area contributed by atoms with Crippen molar-refractivity contribution in [2.45, 2.75) is 26.2 Å². The maximum Gasteiger partial charge on any atom is 0.101 e. The van der Waals surface area contributed by atoms with E-state index in [4.69, 9.17) is 28.8 Å². The summed E-state index contributed by atoms with van der Waals surface area (Å²) in [5.41, 5.74) is 18.6. The van der Waals surface area contributed by atoms with Crippen LogP contribution in [-0.4, -0.2) is 0 Å². The Morgan fingerprint density at radius 2 is 2.13 bits per heavy atom. The van der Waals surface area contributed by atoms with Gasteiger partial charge in [0.05, 0.1) is 5.16 Å². The molecule has 1 atom stereocenters. The van der Waals surface area contributed by atoms with E-state index in [2.05, 4.69) is 13.0 Å². The molecule has 15 heavy (non-hydrogen) atoms. The van der Waals surface area contributed by atoms with Crippen LogP contribution in [0.5, 0.6) is 0 Å². The van der Waals surface area contributed by atoms with E-state index in [-0.39, 0.29) is 11.0 Å². The number of halogens is 1. The maximum atomic E-state index is 5.63. The van der Waals surface area contributed by atoms with Crippen molar-refractivity contribution in [3.8, 4) is 0 Å². The third-order valence-electron chi connectivity index (χ3n) is 2.61. The second-order valence-electron chi connectivity index (χ2n) is 4.01. The molecule has 0 saturated carbocycles. The molecule has 0 heterocycles. The Balaban J connectivity index is 2.93. The Morgan fingerprint density at radius 1 is 1.47 bits per heavy atom. The molecule has 0 amide bonds. The van der Waals surface area contributed by atoms with Crippen LogP contribution >= 0.6 is 11.6 Å². The number of hydrogen-bond acceptors (Lipinski definition) is 3. The molecule has 0 fully saturated rings. The first kappa shape index (κ1) is 12.0. The third-order valence-corrected chi connectivity index (χ3v) is 2.72. The Kier molecular flexibility index (Phi) is 4.09. The van der Waals surface area contributed by atoms with E-state index < -0.39 is 0 Å². The summed E-state index contributed by atoms with van der Waals surface area (Å²) in [6, 6.07) is 0. The van der Waals surface area contributed by atoms with Gasteiger partial charge in [-0.25, -0.2) is 0 Å². The van der Waals surface area contributed by atoms with Crippen LogP contribution in [0.3, 0.4) is 0 Å². The Bertz CT molecular complexity index is 321. The molecule has 0 aromatic rings. The van der Waals surface area contributed by atoms with Crippen molar-refractivity contribution < 1.29 is 0 Å². The second-order valence-corrected chi connectivity index (χ2v) is 4.44. The van der Waals surface area contributed by atoms with Crippen LogP contribution in [0.2, 0.25) is 0 Å². The van der Waals surface area contributed by atoms with E-state index in [1.165, 1.54) is 0 Å². The summed E-state index contributed by atoms with van der Waals surface area (Å²) in [5, 5.41) is 0.206. The molecule has 1 unspecified atom stereocenters. The summed E-state index contributed by atoms with van der Waals surface area (Å²) in [6.45, 7) is 2.23. The van der Waals surface area contributed by atoms with Crippen LogP contribution in [0.15, 0.2) is 34.3 Å². The molecule has 0 aliphatic heterocycles. The zero-order valence-electron chi connectivity index (χ0n) is 8.96. The van der Waals surface area contributed by atoms with Gasteiger partial charge in [0.1, 0.15) is 5.82 Å². The second kappa shape index (κ2) is 5.12. The fourth-order valence-corrected chi connectivity index (χ4v) is 1.82. The summed E-state index contributed by atoms with van der Waals surface area (Å²) in [5.74, 6) is 1.01. The average Bonchev–Trinajstić information content (AvgIpc) is 2.15. The van der Waals surface area contributed by atoms with Gasteiger partial charge in [-0.2, -0.15) is 0 Å². The highest BCUT2D eigenvalue weighted by atomic mass is 35.5. The Labute approximate surface area is 95.6 Å². The normalized spacial score (nSPS) is 22.1. The predicted molar refractivity (Wildman–Crippen MR) is 64.6 cm³/mol. The standard InChI is InChI=1S/C11H18ClN3/c1-7-2-4-8(5-3-7)9(11(14)15)6-10(12)13/h4,6-7H,2-3,5,13-15H2,1H3/b10-6-. The van der Waals surface area contributed by atoms with Crippen molar-refractivity contribution in [2.24, 2.45) is 23.1 Å². The van der Waals surface area contributed by atoms with Gasteiger partial charge in [-0.3, -0.25) is 0 Å². The van der Waals surface area contributed by atoms with E-state index in [1.807, 2.05) is 0 Å². The fraction of sp³-hybridized carbons (Fsp3) is 0.455. The van der Waals surface area contributed by atoms with Crippen LogP contribution in [0, 0.1) is 5.92 Å².